The highest BCUT2D eigenvalue weighted by Gasteiger charge is 2.51. The number of carbonyl (C=O) groups is 2. The molecule has 0 aromatic rings. The lowest BCUT2D eigenvalue weighted by Crippen LogP contribution is -2.45. The molecule has 0 unspecified atom stereocenters. The molecule has 0 amide bonds. The van der Waals surface area contributed by atoms with Crippen molar-refractivity contribution in [2.75, 3.05) is 7.11 Å². The maximum atomic E-state index is 11.3. The van der Waals surface area contributed by atoms with E-state index in [0.29, 0.717) is 0 Å². The summed E-state index contributed by atoms with van der Waals surface area (Å²) in [5.41, 5.74) is -0.452. The van der Waals surface area contributed by atoms with Crippen molar-refractivity contribution in [3.05, 3.63) is 12.2 Å². The molecule has 3 fully saturated rings. The summed E-state index contributed by atoms with van der Waals surface area (Å²) < 4.78 is 4.58. The van der Waals surface area contributed by atoms with Gasteiger partial charge in [0.2, 0.25) is 0 Å². The lowest BCUT2D eigenvalue weighted by atomic mass is 9.54. The van der Waals surface area contributed by atoms with Crippen molar-refractivity contribution in [2.45, 2.75) is 38.5 Å². The molecule has 0 heterocycles. The maximum absolute atomic E-state index is 11.3. The summed E-state index contributed by atoms with van der Waals surface area (Å²) in [6.45, 7) is 0. The van der Waals surface area contributed by atoms with Crippen LogP contribution in [0.3, 0.4) is 0 Å². The summed E-state index contributed by atoms with van der Waals surface area (Å²) >= 11 is 0. The summed E-state index contributed by atoms with van der Waals surface area (Å²) in [6.07, 6.45) is 8.21. The van der Waals surface area contributed by atoms with E-state index in [1.54, 1.807) is 0 Å². The quantitative estimate of drug-likeness (QED) is 0.604. The van der Waals surface area contributed by atoms with Gasteiger partial charge in [0.15, 0.2) is 0 Å². The van der Waals surface area contributed by atoms with Gasteiger partial charge in [-0.15, -0.1) is 0 Å². The van der Waals surface area contributed by atoms with Gasteiger partial charge in [0.1, 0.15) is 0 Å². The van der Waals surface area contributed by atoms with Crippen LogP contribution >= 0.6 is 0 Å². The zero-order chi connectivity index (χ0) is 12.5. The topological polar surface area (TPSA) is 63.6 Å². The Labute approximate surface area is 101 Å². The molecule has 2 bridgehead atoms. The minimum absolute atomic E-state index is 0.0331. The molecule has 1 N–H and O–H groups in total. The van der Waals surface area contributed by atoms with Crippen molar-refractivity contribution in [3.8, 4) is 0 Å². The first-order valence-corrected chi connectivity index (χ1v) is 6.03. The lowest BCUT2D eigenvalue weighted by molar-refractivity contribution is -0.157. The first-order chi connectivity index (χ1) is 8.02. The van der Waals surface area contributed by atoms with E-state index in [1.807, 2.05) is 6.08 Å². The van der Waals surface area contributed by atoms with Crippen molar-refractivity contribution < 1.29 is 19.4 Å². The molecule has 3 saturated carbocycles. The number of fused-ring (bicyclic) bond motifs is 3. The largest absolute Gasteiger partial charge is 0.481 e. The van der Waals surface area contributed by atoms with Gasteiger partial charge in [0, 0.05) is 6.08 Å². The van der Waals surface area contributed by atoms with E-state index in [9.17, 15) is 14.7 Å². The number of rotatable bonds is 3. The van der Waals surface area contributed by atoms with Gasteiger partial charge in [0.05, 0.1) is 12.5 Å². The van der Waals surface area contributed by atoms with Gasteiger partial charge in [-0.3, -0.25) is 4.79 Å². The number of ether oxygens (including phenoxy) is 1. The number of hydrogen-bond acceptors (Lipinski definition) is 3. The Hall–Kier alpha value is -1.32. The Kier molecular flexibility index (Phi) is 2.98. The maximum Gasteiger partial charge on any atom is 0.330 e. The third-order valence-electron chi connectivity index (χ3n) is 4.53. The third-order valence-corrected chi connectivity index (χ3v) is 4.53. The van der Waals surface area contributed by atoms with Crippen LogP contribution in [0.4, 0.5) is 0 Å². The van der Waals surface area contributed by atoms with E-state index < -0.39 is 11.4 Å². The van der Waals surface area contributed by atoms with E-state index in [-0.39, 0.29) is 11.4 Å². The Balaban J connectivity index is 2.07. The van der Waals surface area contributed by atoms with E-state index >= 15 is 0 Å². The van der Waals surface area contributed by atoms with E-state index in [0.717, 1.165) is 38.5 Å². The number of allylic oxidation sites excluding steroid dienone is 1. The van der Waals surface area contributed by atoms with Crippen molar-refractivity contribution in [3.63, 3.8) is 0 Å². The highest BCUT2D eigenvalue weighted by Crippen LogP contribution is 2.57. The van der Waals surface area contributed by atoms with Gasteiger partial charge in [-0.1, -0.05) is 6.08 Å². The van der Waals surface area contributed by atoms with Crippen LogP contribution in [-0.4, -0.2) is 24.2 Å². The van der Waals surface area contributed by atoms with Crippen molar-refractivity contribution >= 4 is 11.9 Å². The first kappa shape index (κ1) is 12.1. The molecule has 4 heteroatoms. The van der Waals surface area contributed by atoms with E-state index in [1.165, 1.54) is 13.2 Å². The lowest BCUT2D eigenvalue weighted by Gasteiger charge is -2.50. The number of hydrogen-bond donors (Lipinski definition) is 1. The smallest absolute Gasteiger partial charge is 0.330 e. The summed E-state index contributed by atoms with van der Waals surface area (Å²) in [6, 6.07) is 0. The monoisotopic (exact) mass is 238 g/mol. The van der Waals surface area contributed by atoms with Crippen LogP contribution < -0.4 is 0 Å². The predicted molar refractivity (Wildman–Crippen MR) is 61.4 cm³/mol. The molecule has 0 spiro atoms. The molecule has 3 aliphatic carbocycles. The molecule has 0 saturated heterocycles. The summed E-state index contributed by atoms with van der Waals surface area (Å²) in [4.78, 5) is 22.4. The Morgan fingerprint density at radius 3 is 2.06 bits per heavy atom. The molecule has 94 valence electrons. The molecule has 3 aliphatic rings. The molecular weight excluding hydrogens is 220 g/mol. The summed E-state index contributed by atoms with van der Waals surface area (Å²) in [5, 5.41) is 9.26. The minimum atomic E-state index is -0.650. The van der Waals surface area contributed by atoms with Crippen LogP contribution in [0.5, 0.6) is 0 Å². The molecule has 0 aromatic heterocycles. The standard InChI is InChI=1S/C13H18O4/c1-17-10(14)2-3-12-4-7-13(8-5-12,9-6-12)11(15)16/h2-3H,4-9H2,1H3,(H,15,16). The van der Waals surface area contributed by atoms with Gasteiger partial charge < -0.3 is 9.84 Å². The van der Waals surface area contributed by atoms with Gasteiger partial charge in [-0.25, -0.2) is 4.79 Å². The zero-order valence-corrected chi connectivity index (χ0v) is 10.1. The van der Waals surface area contributed by atoms with E-state index in [4.69, 9.17) is 0 Å². The highest BCUT2D eigenvalue weighted by atomic mass is 16.5. The first-order valence-electron chi connectivity index (χ1n) is 6.03. The summed E-state index contributed by atoms with van der Waals surface area (Å²) in [5.74, 6) is -0.984. The molecule has 0 atom stereocenters. The Morgan fingerprint density at radius 2 is 1.65 bits per heavy atom. The Bertz CT molecular complexity index is 345. The van der Waals surface area contributed by atoms with Crippen molar-refractivity contribution in [1.82, 2.24) is 0 Å². The van der Waals surface area contributed by atoms with Crippen molar-refractivity contribution in [2.24, 2.45) is 10.8 Å². The molecule has 0 aromatic carbocycles. The fourth-order valence-corrected chi connectivity index (χ4v) is 3.10. The minimum Gasteiger partial charge on any atom is -0.481 e. The van der Waals surface area contributed by atoms with Gasteiger partial charge in [-0.2, -0.15) is 0 Å². The molecule has 0 aliphatic heterocycles. The van der Waals surface area contributed by atoms with Gasteiger partial charge in [-0.05, 0) is 43.9 Å². The fraction of sp³-hybridized carbons (Fsp3) is 0.692. The fourth-order valence-electron chi connectivity index (χ4n) is 3.10. The number of carboxylic acid groups (broad SMARTS) is 1. The highest BCUT2D eigenvalue weighted by molar-refractivity contribution is 5.82. The van der Waals surface area contributed by atoms with Crippen LogP contribution in [0.2, 0.25) is 0 Å². The van der Waals surface area contributed by atoms with Gasteiger partial charge >= 0.3 is 11.9 Å². The van der Waals surface area contributed by atoms with Crippen LogP contribution in [0.25, 0.3) is 0 Å². The van der Waals surface area contributed by atoms with Crippen LogP contribution in [0.1, 0.15) is 38.5 Å². The summed E-state index contributed by atoms with van der Waals surface area (Å²) in [7, 11) is 1.36. The van der Waals surface area contributed by atoms with Crippen LogP contribution in [0.15, 0.2) is 12.2 Å². The SMILES string of the molecule is COC(=O)C=CC12CCC(C(=O)O)(CC1)CC2. The van der Waals surface area contributed by atoms with Crippen LogP contribution in [0, 0.1) is 10.8 Å². The zero-order valence-electron chi connectivity index (χ0n) is 10.1. The Morgan fingerprint density at radius 1 is 1.12 bits per heavy atom. The van der Waals surface area contributed by atoms with Crippen molar-refractivity contribution in [1.29, 1.82) is 0 Å². The second-order valence-electron chi connectivity index (χ2n) is 5.30. The van der Waals surface area contributed by atoms with E-state index in [2.05, 4.69) is 4.74 Å². The second-order valence-corrected chi connectivity index (χ2v) is 5.30. The van der Waals surface area contributed by atoms with Gasteiger partial charge in [0.25, 0.3) is 0 Å². The third kappa shape index (κ3) is 2.08. The van der Waals surface area contributed by atoms with Crippen LogP contribution in [-0.2, 0) is 14.3 Å². The average Bonchev–Trinajstić information content (AvgIpc) is 2.38. The number of aliphatic carboxylic acids is 1. The normalized spacial score (nSPS) is 36.1. The molecule has 0 radical (unpaired) electrons. The number of esters is 1. The predicted octanol–water partition coefficient (Wildman–Crippen LogP) is 2.14. The number of carbonyl (C=O) groups excluding carboxylic acids is 1. The number of methoxy groups -OCH3 is 1. The molecule has 3 rings (SSSR count). The molecule has 4 nitrogen and oxygen atoms in total. The molecule has 17 heavy (non-hydrogen) atoms. The molecular formula is C13H18O4. The number of carboxylic acids is 1. The average molecular weight is 238 g/mol. The second kappa shape index (κ2) is 4.17.